The Labute approximate surface area is 139 Å². The van der Waals surface area contributed by atoms with Crippen LogP contribution in [0.2, 0.25) is 0 Å². The highest BCUT2D eigenvalue weighted by molar-refractivity contribution is 7.15. The maximum Gasteiger partial charge on any atom is 0.223 e. The van der Waals surface area contributed by atoms with E-state index in [0.717, 1.165) is 30.6 Å². The van der Waals surface area contributed by atoms with Gasteiger partial charge in [0.2, 0.25) is 5.91 Å². The van der Waals surface area contributed by atoms with E-state index in [4.69, 9.17) is 11.5 Å². The fourth-order valence-corrected chi connectivity index (χ4v) is 3.20. The van der Waals surface area contributed by atoms with Gasteiger partial charge in [0.25, 0.3) is 0 Å². The average molecular weight is 331 g/mol. The van der Waals surface area contributed by atoms with Crippen molar-refractivity contribution in [1.82, 2.24) is 4.98 Å². The quantitative estimate of drug-likeness (QED) is 0.558. The van der Waals surface area contributed by atoms with Gasteiger partial charge in [-0.05, 0) is 37.0 Å². The number of hydrogen-bond acceptors (Lipinski definition) is 4. The van der Waals surface area contributed by atoms with Gasteiger partial charge in [-0.1, -0.05) is 19.1 Å². The predicted octanol–water partition coefficient (Wildman–Crippen LogP) is 2.35. The first-order valence-corrected chi connectivity index (χ1v) is 8.24. The molecular weight excluding hydrogens is 310 g/mol. The number of rotatable bonds is 6. The summed E-state index contributed by atoms with van der Waals surface area (Å²) in [6.45, 7) is 3.59. The van der Waals surface area contributed by atoms with Crippen molar-refractivity contribution < 1.29 is 4.79 Å². The molecular formula is C16H21N5OS. The number of hydrogen-bond donors (Lipinski definition) is 3. The molecule has 1 amide bonds. The van der Waals surface area contributed by atoms with Crippen LogP contribution in [0.5, 0.6) is 0 Å². The van der Waals surface area contributed by atoms with E-state index in [1.165, 1.54) is 17.4 Å². The van der Waals surface area contributed by atoms with Crippen LogP contribution < -0.4 is 16.8 Å². The van der Waals surface area contributed by atoms with Gasteiger partial charge in [0.15, 0.2) is 11.1 Å². The van der Waals surface area contributed by atoms with Crippen molar-refractivity contribution in [1.29, 1.82) is 0 Å². The molecule has 6 nitrogen and oxygen atoms in total. The summed E-state index contributed by atoms with van der Waals surface area (Å²) in [4.78, 5) is 20.9. The number of thiazole rings is 1. The lowest BCUT2D eigenvalue weighted by Gasteiger charge is -2.02. The molecule has 122 valence electrons. The molecule has 0 atom stereocenters. The molecule has 0 fully saturated rings. The van der Waals surface area contributed by atoms with E-state index in [-0.39, 0.29) is 11.9 Å². The second-order valence-electron chi connectivity index (χ2n) is 5.13. The van der Waals surface area contributed by atoms with Crippen LogP contribution in [0.15, 0.2) is 29.3 Å². The largest absolute Gasteiger partial charge is 0.370 e. The first kappa shape index (κ1) is 17.0. The first-order valence-electron chi connectivity index (χ1n) is 7.42. The summed E-state index contributed by atoms with van der Waals surface area (Å²) >= 11 is 1.54. The molecule has 2 aromatic rings. The van der Waals surface area contributed by atoms with Gasteiger partial charge >= 0.3 is 0 Å². The van der Waals surface area contributed by atoms with Crippen LogP contribution in [0, 0.1) is 0 Å². The summed E-state index contributed by atoms with van der Waals surface area (Å²) in [5.74, 6) is -0.0402. The summed E-state index contributed by atoms with van der Waals surface area (Å²) in [6.07, 6.45) is 2.62. The van der Waals surface area contributed by atoms with Crippen LogP contribution >= 0.6 is 11.3 Å². The normalized spacial score (nSPS) is 10.3. The number of nitrogens with two attached hydrogens (primary N) is 2. The average Bonchev–Trinajstić information content (AvgIpc) is 2.87. The number of aliphatic imine (C=N–C) groups is 1. The number of nitrogens with one attached hydrogen (secondary N) is 1. The molecule has 1 heterocycles. The number of carbonyl (C=O) groups excluding carboxylic acids is 1. The Bertz CT molecular complexity index is 702. The van der Waals surface area contributed by atoms with Crippen LogP contribution in [0.4, 0.5) is 10.8 Å². The SMILES string of the molecule is CCc1sc(NC(C)=O)nc1CCc1ccc(N=C(N)N)cc1. The van der Waals surface area contributed by atoms with Crippen LogP contribution in [-0.2, 0) is 24.1 Å². The van der Waals surface area contributed by atoms with E-state index < -0.39 is 0 Å². The first-order chi connectivity index (χ1) is 11.0. The van der Waals surface area contributed by atoms with Gasteiger partial charge < -0.3 is 16.8 Å². The Balaban J connectivity index is 2.04. The van der Waals surface area contributed by atoms with Crippen molar-refractivity contribution in [3.63, 3.8) is 0 Å². The molecule has 0 bridgehead atoms. The van der Waals surface area contributed by atoms with Crippen molar-refractivity contribution in [2.45, 2.75) is 33.1 Å². The Hall–Kier alpha value is -2.41. The maximum atomic E-state index is 11.1. The lowest BCUT2D eigenvalue weighted by atomic mass is 10.1. The van der Waals surface area contributed by atoms with Gasteiger partial charge in [-0.3, -0.25) is 4.79 Å². The summed E-state index contributed by atoms with van der Waals surface area (Å²) in [5, 5.41) is 3.43. The number of amides is 1. The summed E-state index contributed by atoms with van der Waals surface area (Å²) in [5.41, 5.74) is 13.7. The molecule has 0 aliphatic heterocycles. The molecule has 0 spiro atoms. The molecule has 5 N–H and O–H groups in total. The number of aromatic nitrogens is 1. The van der Waals surface area contributed by atoms with Gasteiger partial charge in [-0.15, -0.1) is 11.3 Å². The fraction of sp³-hybridized carbons (Fsp3) is 0.312. The number of aryl methyl sites for hydroxylation is 3. The molecule has 0 radical (unpaired) electrons. The molecule has 0 aliphatic carbocycles. The van der Waals surface area contributed by atoms with Crippen molar-refractivity contribution in [3.8, 4) is 0 Å². The third kappa shape index (κ3) is 5.07. The van der Waals surface area contributed by atoms with E-state index >= 15 is 0 Å². The highest BCUT2D eigenvalue weighted by Crippen LogP contribution is 2.25. The van der Waals surface area contributed by atoms with E-state index in [1.807, 2.05) is 24.3 Å². The number of benzene rings is 1. The molecule has 7 heteroatoms. The fourth-order valence-electron chi connectivity index (χ4n) is 2.21. The van der Waals surface area contributed by atoms with Crippen LogP contribution in [0.25, 0.3) is 0 Å². The number of guanidine groups is 1. The topological polar surface area (TPSA) is 106 Å². The zero-order chi connectivity index (χ0) is 16.8. The van der Waals surface area contributed by atoms with E-state index in [9.17, 15) is 4.79 Å². The Morgan fingerprint density at radius 2 is 1.96 bits per heavy atom. The molecule has 2 rings (SSSR count). The molecule has 0 saturated heterocycles. The van der Waals surface area contributed by atoms with Crippen molar-refractivity contribution in [2.24, 2.45) is 16.5 Å². The van der Waals surface area contributed by atoms with Crippen molar-refractivity contribution in [3.05, 3.63) is 40.4 Å². The zero-order valence-electron chi connectivity index (χ0n) is 13.3. The Morgan fingerprint density at radius 1 is 1.26 bits per heavy atom. The molecule has 23 heavy (non-hydrogen) atoms. The second kappa shape index (κ2) is 7.73. The summed E-state index contributed by atoms with van der Waals surface area (Å²) in [7, 11) is 0. The summed E-state index contributed by atoms with van der Waals surface area (Å²) in [6, 6.07) is 7.79. The number of nitrogens with zero attached hydrogens (tertiary/aromatic N) is 2. The van der Waals surface area contributed by atoms with Crippen molar-refractivity contribution in [2.75, 3.05) is 5.32 Å². The highest BCUT2D eigenvalue weighted by atomic mass is 32.1. The predicted molar refractivity (Wildman–Crippen MR) is 95.1 cm³/mol. The van der Waals surface area contributed by atoms with E-state index in [0.29, 0.717) is 5.13 Å². The molecule has 1 aromatic heterocycles. The van der Waals surface area contributed by atoms with Gasteiger partial charge in [0, 0.05) is 11.8 Å². The number of carbonyl (C=O) groups is 1. The maximum absolute atomic E-state index is 11.1. The van der Waals surface area contributed by atoms with Gasteiger partial charge in [-0.25, -0.2) is 9.98 Å². The van der Waals surface area contributed by atoms with Crippen molar-refractivity contribution >= 4 is 34.0 Å². The molecule has 0 aliphatic rings. The lowest BCUT2D eigenvalue weighted by Crippen LogP contribution is -2.21. The van der Waals surface area contributed by atoms with Crippen LogP contribution in [0.1, 0.15) is 30.0 Å². The van der Waals surface area contributed by atoms with Crippen LogP contribution in [-0.4, -0.2) is 16.9 Å². The smallest absolute Gasteiger partial charge is 0.223 e. The van der Waals surface area contributed by atoms with E-state index in [1.54, 1.807) is 11.3 Å². The van der Waals surface area contributed by atoms with Gasteiger partial charge in [0.05, 0.1) is 11.4 Å². The minimum absolute atomic E-state index is 0.0540. The Kier molecular flexibility index (Phi) is 5.70. The standard InChI is InChI=1S/C16H21N5OS/c1-3-14-13(21-16(23-14)19-10(2)22)9-6-11-4-7-12(8-5-11)20-15(17)18/h4-5,7-8H,3,6,9H2,1-2H3,(H4,17,18,20)(H,19,21,22). The third-order valence-electron chi connectivity index (χ3n) is 3.23. The molecule has 0 unspecified atom stereocenters. The third-order valence-corrected chi connectivity index (χ3v) is 4.38. The Morgan fingerprint density at radius 3 is 2.52 bits per heavy atom. The van der Waals surface area contributed by atoms with Gasteiger partial charge in [-0.2, -0.15) is 0 Å². The van der Waals surface area contributed by atoms with Gasteiger partial charge in [0.1, 0.15) is 0 Å². The highest BCUT2D eigenvalue weighted by Gasteiger charge is 2.10. The summed E-state index contributed by atoms with van der Waals surface area (Å²) < 4.78 is 0. The number of anilines is 1. The minimum Gasteiger partial charge on any atom is -0.370 e. The minimum atomic E-state index is -0.0942. The molecule has 1 aromatic carbocycles. The monoisotopic (exact) mass is 331 g/mol. The lowest BCUT2D eigenvalue weighted by molar-refractivity contribution is -0.114. The van der Waals surface area contributed by atoms with Crippen LogP contribution in [0.3, 0.4) is 0 Å². The zero-order valence-corrected chi connectivity index (χ0v) is 14.1. The second-order valence-corrected chi connectivity index (χ2v) is 6.21. The van der Waals surface area contributed by atoms with E-state index in [2.05, 4.69) is 22.2 Å². The molecule has 0 saturated carbocycles.